The zero-order valence-corrected chi connectivity index (χ0v) is 11.6. The molecule has 0 amide bonds. The van der Waals surface area contributed by atoms with Crippen LogP contribution in [0.1, 0.15) is 20.7 Å². The topological polar surface area (TPSA) is 125 Å². The van der Waals surface area contributed by atoms with Gasteiger partial charge in [-0.3, -0.25) is 0 Å². The number of carboxylic acids is 2. The van der Waals surface area contributed by atoms with E-state index in [0.29, 0.717) is 0 Å². The minimum atomic E-state index is -1.31. The lowest BCUT2D eigenvalue weighted by molar-refractivity contribution is 0.0696. The summed E-state index contributed by atoms with van der Waals surface area (Å²) in [5.74, 6) is -2.73. The number of rotatable bonds is 4. The molecule has 108 valence electrons. The van der Waals surface area contributed by atoms with Crippen molar-refractivity contribution in [2.24, 2.45) is 0 Å². The minimum absolute atomic E-state index is 0.104. The van der Waals surface area contributed by atoms with E-state index in [0.717, 1.165) is 0 Å². The molecule has 0 bridgehead atoms. The van der Waals surface area contributed by atoms with Crippen LogP contribution in [0.5, 0.6) is 0 Å². The van der Waals surface area contributed by atoms with Crippen molar-refractivity contribution in [1.29, 1.82) is 0 Å². The maximum absolute atomic E-state index is 11.2. The highest BCUT2D eigenvalue weighted by atomic mass is 35.5. The number of hydrogen-bond acceptors (Lipinski definition) is 6. The van der Waals surface area contributed by atoms with Gasteiger partial charge < -0.3 is 15.5 Å². The van der Waals surface area contributed by atoms with E-state index in [9.17, 15) is 9.59 Å². The summed E-state index contributed by atoms with van der Waals surface area (Å²) in [7, 11) is 0. The van der Waals surface area contributed by atoms with E-state index < -0.39 is 11.9 Å². The molecule has 1 aromatic carbocycles. The van der Waals surface area contributed by atoms with Crippen LogP contribution in [0.4, 0.5) is 11.5 Å². The molecule has 1 heterocycles. The molecule has 2 rings (SSSR count). The summed E-state index contributed by atoms with van der Waals surface area (Å²) in [5, 5.41) is 30.8. The maximum atomic E-state index is 11.2. The summed E-state index contributed by atoms with van der Waals surface area (Å²) in [4.78, 5) is 22.4. The van der Waals surface area contributed by atoms with Gasteiger partial charge in [-0.25, -0.2) is 9.59 Å². The standard InChI is InChI=1S/C11H6Cl2N4O4/c12-6-8(13)15-17-16-9(6)14-7-4(10(18)19)2-1-3-5(7)11(20)21/h1-3H,(H,18,19)(H,20,21)(H,14,15,16). The Morgan fingerprint density at radius 2 is 1.62 bits per heavy atom. The molecule has 3 N–H and O–H groups in total. The molecular formula is C11H6Cl2N4O4. The van der Waals surface area contributed by atoms with Crippen molar-refractivity contribution in [3.8, 4) is 0 Å². The summed E-state index contributed by atoms with van der Waals surface area (Å²) in [6.45, 7) is 0. The normalized spacial score (nSPS) is 10.2. The SMILES string of the molecule is O=C(O)c1cccc(C(=O)O)c1Nc1nnnc(Cl)c1Cl. The Bertz CT molecular complexity index is 706. The summed E-state index contributed by atoms with van der Waals surface area (Å²) in [5.41, 5.74) is -0.711. The average Bonchev–Trinajstić information content (AvgIpc) is 2.43. The largest absolute Gasteiger partial charge is 0.478 e. The van der Waals surface area contributed by atoms with Crippen LogP contribution < -0.4 is 5.32 Å². The molecule has 0 atom stereocenters. The molecule has 0 aliphatic rings. The van der Waals surface area contributed by atoms with Gasteiger partial charge in [-0.1, -0.05) is 29.3 Å². The van der Waals surface area contributed by atoms with Crippen LogP contribution in [0.15, 0.2) is 18.2 Å². The van der Waals surface area contributed by atoms with Crippen molar-refractivity contribution in [2.75, 3.05) is 5.32 Å². The summed E-state index contributed by atoms with van der Waals surface area (Å²) >= 11 is 11.5. The third-order valence-corrected chi connectivity index (χ3v) is 3.15. The molecule has 8 nitrogen and oxygen atoms in total. The second-order valence-corrected chi connectivity index (χ2v) is 4.44. The second-order valence-electron chi connectivity index (χ2n) is 3.71. The van der Waals surface area contributed by atoms with Crippen molar-refractivity contribution in [3.05, 3.63) is 39.5 Å². The van der Waals surface area contributed by atoms with E-state index in [2.05, 4.69) is 20.7 Å². The first kappa shape index (κ1) is 14.9. The zero-order valence-electron chi connectivity index (χ0n) is 10.0. The molecule has 0 aliphatic heterocycles. The molecule has 21 heavy (non-hydrogen) atoms. The van der Waals surface area contributed by atoms with Crippen LogP contribution in [0, 0.1) is 0 Å². The summed E-state index contributed by atoms with van der Waals surface area (Å²) in [6, 6.07) is 3.79. The number of halogens is 2. The number of benzene rings is 1. The second kappa shape index (κ2) is 5.90. The van der Waals surface area contributed by atoms with Gasteiger partial charge in [0.15, 0.2) is 11.0 Å². The van der Waals surface area contributed by atoms with E-state index in [1.807, 2.05) is 0 Å². The summed E-state index contributed by atoms with van der Waals surface area (Å²) in [6.07, 6.45) is 0. The van der Waals surface area contributed by atoms with Gasteiger partial charge in [0.05, 0.1) is 16.8 Å². The molecule has 0 saturated carbocycles. The Kier molecular flexibility index (Phi) is 4.20. The van der Waals surface area contributed by atoms with Gasteiger partial charge >= 0.3 is 11.9 Å². The molecule has 2 aromatic rings. The van der Waals surface area contributed by atoms with Crippen LogP contribution in [-0.4, -0.2) is 37.6 Å². The number of nitrogens with one attached hydrogen (secondary N) is 1. The predicted molar refractivity (Wildman–Crippen MR) is 73.5 cm³/mol. The number of carbonyl (C=O) groups is 2. The lowest BCUT2D eigenvalue weighted by Crippen LogP contribution is -2.10. The number of aromatic nitrogens is 3. The van der Waals surface area contributed by atoms with E-state index in [1.165, 1.54) is 18.2 Å². The highest BCUT2D eigenvalue weighted by molar-refractivity contribution is 6.42. The van der Waals surface area contributed by atoms with Crippen LogP contribution in [-0.2, 0) is 0 Å². The molecule has 0 fully saturated rings. The smallest absolute Gasteiger partial charge is 0.337 e. The molecule has 0 spiro atoms. The number of nitrogens with zero attached hydrogens (tertiary/aromatic N) is 3. The van der Waals surface area contributed by atoms with Crippen LogP contribution in [0.25, 0.3) is 0 Å². The van der Waals surface area contributed by atoms with Gasteiger partial charge in [0.1, 0.15) is 5.02 Å². The van der Waals surface area contributed by atoms with Gasteiger partial charge in [0, 0.05) is 0 Å². The first-order valence-corrected chi connectivity index (χ1v) is 6.08. The molecular weight excluding hydrogens is 323 g/mol. The van der Waals surface area contributed by atoms with E-state index in [1.54, 1.807) is 0 Å². The number of hydrogen-bond donors (Lipinski definition) is 3. The predicted octanol–water partition coefficient (Wildman–Crippen LogP) is 2.32. The molecule has 0 radical (unpaired) electrons. The van der Waals surface area contributed by atoms with Gasteiger partial charge in [0.2, 0.25) is 0 Å². The monoisotopic (exact) mass is 328 g/mol. The van der Waals surface area contributed by atoms with Crippen LogP contribution >= 0.6 is 23.2 Å². The third-order valence-electron chi connectivity index (χ3n) is 2.43. The quantitative estimate of drug-likeness (QED) is 0.780. The Hall–Kier alpha value is -2.45. The van der Waals surface area contributed by atoms with Gasteiger partial charge in [0.25, 0.3) is 0 Å². The van der Waals surface area contributed by atoms with E-state index >= 15 is 0 Å². The van der Waals surface area contributed by atoms with Crippen molar-refractivity contribution >= 4 is 46.6 Å². The average molecular weight is 329 g/mol. The molecule has 0 aliphatic carbocycles. The molecule has 10 heteroatoms. The minimum Gasteiger partial charge on any atom is -0.478 e. The Morgan fingerprint density at radius 3 is 2.14 bits per heavy atom. The molecule has 1 aromatic heterocycles. The number of para-hydroxylation sites is 1. The molecule has 0 saturated heterocycles. The first-order chi connectivity index (χ1) is 9.91. The lowest BCUT2D eigenvalue weighted by Gasteiger charge is -2.12. The number of anilines is 2. The van der Waals surface area contributed by atoms with Gasteiger partial charge in [-0.15, -0.1) is 10.2 Å². The Morgan fingerprint density at radius 1 is 1.05 bits per heavy atom. The van der Waals surface area contributed by atoms with Crippen LogP contribution in [0.3, 0.4) is 0 Å². The zero-order chi connectivity index (χ0) is 15.6. The summed E-state index contributed by atoms with van der Waals surface area (Å²) < 4.78 is 0. The third kappa shape index (κ3) is 3.01. The van der Waals surface area contributed by atoms with E-state index in [4.69, 9.17) is 33.4 Å². The van der Waals surface area contributed by atoms with Crippen molar-refractivity contribution in [2.45, 2.75) is 0 Å². The Labute approximate surface area is 127 Å². The lowest BCUT2D eigenvalue weighted by atomic mass is 10.1. The fourth-order valence-corrected chi connectivity index (χ4v) is 1.78. The number of carboxylic acid groups (broad SMARTS) is 2. The van der Waals surface area contributed by atoms with E-state index in [-0.39, 0.29) is 32.8 Å². The molecule has 0 unspecified atom stereocenters. The van der Waals surface area contributed by atoms with Gasteiger partial charge in [-0.2, -0.15) is 0 Å². The highest BCUT2D eigenvalue weighted by Gasteiger charge is 2.20. The fraction of sp³-hybridized carbons (Fsp3) is 0. The first-order valence-electron chi connectivity index (χ1n) is 5.32. The number of aromatic carboxylic acids is 2. The van der Waals surface area contributed by atoms with Crippen LogP contribution in [0.2, 0.25) is 10.2 Å². The highest BCUT2D eigenvalue weighted by Crippen LogP contribution is 2.30. The Balaban J connectivity index is 2.59. The van der Waals surface area contributed by atoms with Crippen molar-refractivity contribution < 1.29 is 19.8 Å². The maximum Gasteiger partial charge on any atom is 0.337 e. The van der Waals surface area contributed by atoms with Gasteiger partial charge in [-0.05, 0) is 17.3 Å². The van der Waals surface area contributed by atoms with Crippen molar-refractivity contribution in [3.63, 3.8) is 0 Å². The fourth-order valence-electron chi connectivity index (χ4n) is 1.53. The van der Waals surface area contributed by atoms with Crippen molar-refractivity contribution in [1.82, 2.24) is 15.4 Å².